The summed E-state index contributed by atoms with van der Waals surface area (Å²) in [5.41, 5.74) is 1.73. The minimum Gasteiger partial charge on any atom is -1.00 e. The lowest BCUT2D eigenvalue weighted by atomic mass is 10.2. The van der Waals surface area contributed by atoms with Crippen molar-refractivity contribution in [3.8, 4) is 11.5 Å². The fourth-order valence-electron chi connectivity index (χ4n) is 1.56. The summed E-state index contributed by atoms with van der Waals surface area (Å²) in [5, 5.41) is 3.18. The van der Waals surface area contributed by atoms with Gasteiger partial charge in [0.2, 0.25) is 0 Å². The Bertz CT molecular complexity index is 549. The quantitative estimate of drug-likeness (QED) is 0.822. The number of aromatic nitrogens is 2. The van der Waals surface area contributed by atoms with Gasteiger partial charge in [-0.25, -0.2) is 9.97 Å². The van der Waals surface area contributed by atoms with Gasteiger partial charge in [-0.3, -0.25) is 0 Å². The highest BCUT2D eigenvalue weighted by Gasteiger charge is 2.06. The van der Waals surface area contributed by atoms with E-state index >= 15 is 0 Å². The SMILES string of the molecule is COc1ccc(Nc2cc(C)ncn2)c(OC)c1.[Cl-]. The highest BCUT2D eigenvalue weighted by atomic mass is 35.5. The topological polar surface area (TPSA) is 56.3 Å². The third kappa shape index (κ3) is 3.72. The van der Waals surface area contributed by atoms with Gasteiger partial charge >= 0.3 is 0 Å². The van der Waals surface area contributed by atoms with Crippen molar-refractivity contribution in [1.29, 1.82) is 0 Å². The number of nitrogens with zero attached hydrogens (tertiary/aromatic N) is 2. The third-order valence-corrected chi connectivity index (χ3v) is 2.48. The summed E-state index contributed by atoms with van der Waals surface area (Å²) < 4.78 is 10.5. The van der Waals surface area contributed by atoms with Gasteiger partial charge in [0.05, 0.1) is 19.9 Å². The van der Waals surface area contributed by atoms with Crippen LogP contribution in [0.15, 0.2) is 30.6 Å². The standard InChI is InChI=1S/C13H15N3O2.ClH/c1-9-6-13(15-8-14-9)16-11-5-4-10(17-2)7-12(11)18-3;/h4-8H,1-3H3,(H,14,15,16);1H/p-1. The first kappa shape index (κ1) is 15.0. The Hall–Kier alpha value is -2.01. The molecule has 6 heteroatoms. The first-order chi connectivity index (χ1) is 8.72. The van der Waals surface area contributed by atoms with Gasteiger partial charge in [-0.1, -0.05) is 0 Å². The lowest BCUT2D eigenvalue weighted by molar-refractivity contribution is -0.00000455. The summed E-state index contributed by atoms with van der Waals surface area (Å²) in [6, 6.07) is 7.42. The number of halogens is 1. The molecule has 0 atom stereocenters. The van der Waals surface area contributed by atoms with E-state index in [2.05, 4.69) is 15.3 Å². The molecule has 0 spiro atoms. The molecule has 0 saturated heterocycles. The minimum absolute atomic E-state index is 0. The van der Waals surface area contributed by atoms with Gasteiger partial charge < -0.3 is 27.2 Å². The second-order valence-electron chi connectivity index (χ2n) is 3.74. The molecule has 1 aromatic carbocycles. The monoisotopic (exact) mass is 280 g/mol. The highest BCUT2D eigenvalue weighted by molar-refractivity contribution is 5.65. The molecule has 0 amide bonds. The van der Waals surface area contributed by atoms with Gasteiger partial charge in [0.1, 0.15) is 23.6 Å². The van der Waals surface area contributed by atoms with Crippen LogP contribution in [0.5, 0.6) is 11.5 Å². The summed E-state index contributed by atoms with van der Waals surface area (Å²) >= 11 is 0. The second kappa shape index (κ2) is 6.80. The van der Waals surface area contributed by atoms with Gasteiger partial charge in [0.15, 0.2) is 0 Å². The van der Waals surface area contributed by atoms with E-state index in [1.54, 1.807) is 14.2 Å². The zero-order valence-electron chi connectivity index (χ0n) is 11.0. The van der Waals surface area contributed by atoms with Crippen LogP contribution in [0.2, 0.25) is 0 Å². The van der Waals surface area contributed by atoms with E-state index in [1.165, 1.54) is 6.33 Å². The molecule has 2 rings (SSSR count). The molecule has 0 aliphatic heterocycles. The molecule has 1 aromatic heterocycles. The fraction of sp³-hybridized carbons (Fsp3) is 0.231. The van der Waals surface area contributed by atoms with Crippen LogP contribution in [0.25, 0.3) is 0 Å². The van der Waals surface area contributed by atoms with Crippen molar-refractivity contribution in [3.63, 3.8) is 0 Å². The summed E-state index contributed by atoms with van der Waals surface area (Å²) in [4.78, 5) is 8.19. The van der Waals surface area contributed by atoms with Crippen molar-refractivity contribution in [2.24, 2.45) is 0 Å². The lowest BCUT2D eigenvalue weighted by Crippen LogP contribution is -3.00. The minimum atomic E-state index is 0. The number of methoxy groups -OCH3 is 2. The van der Waals surface area contributed by atoms with Crippen molar-refractivity contribution >= 4 is 11.5 Å². The van der Waals surface area contributed by atoms with Gasteiger partial charge in [0, 0.05) is 17.8 Å². The lowest BCUT2D eigenvalue weighted by Gasteiger charge is -2.11. The van der Waals surface area contributed by atoms with Crippen LogP contribution < -0.4 is 27.2 Å². The smallest absolute Gasteiger partial charge is 0.146 e. The number of anilines is 2. The molecule has 102 valence electrons. The Kier molecular flexibility index (Phi) is 5.38. The molecule has 0 bridgehead atoms. The van der Waals surface area contributed by atoms with Crippen molar-refractivity contribution in [2.45, 2.75) is 6.92 Å². The molecular formula is C13H15ClN3O2-. The molecule has 1 heterocycles. The van der Waals surface area contributed by atoms with E-state index < -0.39 is 0 Å². The molecular weight excluding hydrogens is 266 g/mol. The highest BCUT2D eigenvalue weighted by Crippen LogP contribution is 2.30. The number of hydrogen-bond acceptors (Lipinski definition) is 5. The maximum atomic E-state index is 5.30. The Morgan fingerprint density at radius 2 is 1.84 bits per heavy atom. The van der Waals surface area contributed by atoms with E-state index in [0.29, 0.717) is 5.75 Å². The number of rotatable bonds is 4. The van der Waals surface area contributed by atoms with Crippen LogP contribution in [0.4, 0.5) is 11.5 Å². The first-order valence-electron chi connectivity index (χ1n) is 5.50. The van der Waals surface area contributed by atoms with Crippen molar-refractivity contribution in [3.05, 3.63) is 36.3 Å². The summed E-state index contributed by atoms with van der Waals surface area (Å²) in [7, 11) is 3.24. The number of aryl methyl sites for hydroxylation is 1. The summed E-state index contributed by atoms with van der Waals surface area (Å²) in [6.07, 6.45) is 1.52. The Labute approximate surface area is 118 Å². The van der Waals surface area contributed by atoms with Crippen LogP contribution in [0, 0.1) is 6.92 Å². The van der Waals surface area contributed by atoms with Crippen LogP contribution in [-0.4, -0.2) is 24.2 Å². The van der Waals surface area contributed by atoms with Crippen LogP contribution in [0.3, 0.4) is 0 Å². The van der Waals surface area contributed by atoms with Crippen LogP contribution in [-0.2, 0) is 0 Å². The molecule has 0 radical (unpaired) electrons. The number of hydrogen-bond donors (Lipinski definition) is 1. The normalized spacial score (nSPS) is 9.42. The molecule has 0 unspecified atom stereocenters. The molecule has 1 N–H and O–H groups in total. The molecule has 5 nitrogen and oxygen atoms in total. The van der Waals surface area contributed by atoms with E-state index in [4.69, 9.17) is 9.47 Å². The van der Waals surface area contributed by atoms with Crippen molar-refractivity contribution < 1.29 is 21.9 Å². The van der Waals surface area contributed by atoms with E-state index in [-0.39, 0.29) is 12.4 Å². The van der Waals surface area contributed by atoms with E-state index in [1.807, 2.05) is 31.2 Å². The van der Waals surface area contributed by atoms with Crippen molar-refractivity contribution in [1.82, 2.24) is 9.97 Å². The second-order valence-corrected chi connectivity index (χ2v) is 3.74. The predicted octanol–water partition coefficient (Wildman–Crippen LogP) is -0.450. The Morgan fingerprint density at radius 3 is 2.47 bits per heavy atom. The van der Waals surface area contributed by atoms with E-state index in [9.17, 15) is 0 Å². The van der Waals surface area contributed by atoms with Gasteiger partial charge in [-0.05, 0) is 19.1 Å². The maximum absolute atomic E-state index is 5.30. The van der Waals surface area contributed by atoms with Crippen LogP contribution in [0.1, 0.15) is 5.69 Å². The van der Waals surface area contributed by atoms with Crippen LogP contribution >= 0.6 is 0 Å². The number of nitrogens with one attached hydrogen (secondary N) is 1. The average Bonchev–Trinajstić information content (AvgIpc) is 2.39. The third-order valence-electron chi connectivity index (χ3n) is 2.48. The zero-order chi connectivity index (χ0) is 13.0. The molecule has 2 aromatic rings. The van der Waals surface area contributed by atoms with Gasteiger partial charge in [0.25, 0.3) is 0 Å². The predicted molar refractivity (Wildman–Crippen MR) is 69.6 cm³/mol. The van der Waals surface area contributed by atoms with Gasteiger partial charge in [-0.15, -0.1) is 0 Å². The summed E-state index contributed by atoms with van der Waals surface area (Å²) in [6.45, 7) is 1.91. The Morgan fingerprint density at radius 1 is 1.05 bits per heavy atom. The molecule has 0 fully saturated rings. The zero-order valence-corrected chi connectivity index (χ0v) is 11.7. The average molecular weight is 281 g/mol. The molecule has 19 heavy (non-hydrogen) atoms. The Balaban J connectivity index is 0.00000180. The van der Waals surface area contributed by atoms with E-state index in [0.717, 1.165) is 22.9 Å². The maximum Gasteiger partial charge on any atom is 0.146 e. The molecule has 0 aliphatic rings. The number of ether oxygens (including phenoxy) is 2. The van der Waals surface area contributed by atoms with Crippen molar-refractivity contribution in [2.75, 3.05) is 19.5 Å². The molecule has 0 aliphatic carbocycles. The first-order valence-corrected chi connectivity index (χ1v) is 5.50. The summed E-state index contributed by atoms with van der Waals surface area (Å²) in [5.74, 6) is 2.17. The fourth-order valence-corrected chi connectivity index (χ4v) is 1.56. The van der Waals surface area contributed by atoms with Gasteiger partial charge in [-0.2, -0.15) is 0 Å². The number of benzene rings is 1. The largest absolute Gasteiger partial charge is 1.00 e. The molecule has 0 saturated carbocycles.